The van der Waals surface area contributed by atoms with Gasteiger partial charge in [0.25, 0.3) is 0 Å². The molecule has 1 aromatic carbocycles. The fraction of sp³-hybridized carbons (Fsp3) is 0.455. The van der Waals surface area contributed by atoms with Crippen molar-refractivity contribution in [2.24, 2.45) is 0 Å². The van der Waals surface area contributed by atoms with Crippen molar-refractivity contribution in [1.82, 2.24) is 0 Å². The van der Waals surface area contributed by atoms with Crippen molar-refractivity contribution in [3.8, 4) is 0 Å². The van der Waals surface area contributed by atoms with Gasteiger partial charge in [-0.25, -0.2) is 12.8 Å². The van der Waals surface area contributed by atoms with Gasteiger partial charge in [-0.3, -0.25) is 0 Å². The Morgan fingerprint density at radius 3 is 2.69 bits per heavy atom. The molecule has 88 valence electrons. The molecule has 1 saturated heterocycles. The van der Waals surface area contributed by atoms with Crippen LogP contribution < -0.4 is 0 Å². The molecule has 0 radical (unpaired) electrons. The van der Waals surface area contributed by atoms with E-state index in [1.165, 1.54) is 12.1 Å². The molecule has 16 heavy (non-hydrogen) atoms. The molecular weight excluding hydrogens is 231 g/mol. The summed E-state index contributed by atoms with van der Waals surface area (Å²) in [4.78, 5) is 0. The molecule has 2 rings (SSSR count). The van der Waals surface area contributed by atoms with Crippen LogP contribution in [0.1, 0.15) is 17.5 Å². The Labute approximate surface area is 93.8 Å². The van der Waals surface area contributed by atoms with Crippen LogP contribution in [-0.4, -0.2) is 25.0 Å². The summed E-state index contributed by atoms with van der Waals surface area (Å²) in [5.41, 5.74) is -0.333. The number of halogens is 1. The van der Waals surface area contributed by atoms with Crippen LogP contribution in [0.25, 0.3) is 0 Å². The number of benzene rings is 1. The monoisotopic (exact) mass is 244 g/mol. The van der Waals surface area contributed by atoms with E-state index in [9.17, 15) is 17.9 Å². The Hall–Kier alpha value is -0.940. The van der Waals surface area contributed by atoms with E-state index in [1.807, 2.05) is 0 Å². The third kappa shape index (κ3) is 1.97. The number of hydrogen-bond donors (Lipinski definition) is 1. The van der Waals surface area contributed by atoms with Crippen molar-refractivity contribution >= 4 is 9.84 Å². The maximum Gasteiger partial charge on any atom is 0.153 e. The molecule has 0 aliphatic carbocycles. The summed E-state index contributed by atoms with van der Waals surface area (Å²) in [5.74, 6) is -0.817. The highest BCUT2D eigenvalue weighted by atomic mass is 32.2. The van der Waals surface area contributed by atoms with E-state index in [0.717, 1.165) is 0 Å². The summed E-state index contributed by atoms with van der Waals surface area (Å²) < 4.78 is 35.8. The lowest BCUT2D eigenvalue weighted by molar-refractivity contribution is 0.0643. The first kappa shape index (κ1) is 11.5. The van der Waals surface area contributed by atoms with Gasteiger partial charge in [0, 0.05) is 0 Å². The SMILES string of the molecule is Cc1ccc(F)cc1C1(O)CCS(=O)(=O)C1. The van der Waals surface area contributed by atoms with Crippen molar-refractivity contribution in [3.05, 3.63) is 35.1 Å². The van der Waals surface area contributed by atoms with E-state index in [4.69, 9.17) is 0 Å². The first-order valence-electron chi connectivity index (χ1n) is 5.02. The second-order valence-electron chi connectivity index (χ2n) is 4.33. The van der Waals surface area contributed by atoms with Gasteiger partial charge in [-0.1, -0.05) is 6.07 Å². The van der Waals surface area contributed by atoms with Crippen LogP contribution in [0.5, 0.6) is 0 Å². The van der Waals surface area contributed by atoms with Gasteiger partial charge < -0.3 is 5.11 Å². The molecule has 1 heterocycles. The first-order valence-corrected chi connectivity index (χ1v) is 6.84. The van der Waals surface area contributed by atoms with E-state index in [2.05, 4.69) is 0 Å². The van der Waals surface area contributed by atoms with Gasteiger partial charge in [0.15, 0.2) is 9.84 Å². The Morgan fingerprint density at radius 1 is 1.44 bits per heavy atom. The molecule has 1 fully saturated rings. The summed E-state index contributed by atoms with van der Waals surface area (Å²) >= 11 is 0. The number of sulfone groups is 1. The molecule has 0 aromatic heterocycles. The third-order valence-corrected chi connectivity index (χ3v) is 4.73. The molecular formula is C11H13FO3S. The smallest absolute Gasteiger partial charge is 0.153 e. The molecule has 1 atom stereocenters. The minimum atomic E-state index is -3.20. The lowest BCUT2D eigenvalue weighted by Gasteiger charge is -2.23. The fourth-order valence-electron chi connectivity index (χ4n) is 2.14. The van der Waals surface area contributed by atoms with Gasteiger partial charge in [0.05, 0.1) is 11.5 Å². The summed E-state index contributed by atoms with van der Waals surface area (Å²) in [5, 5.41) is 10.3. The average Bonchev–Trinajstić information content (AvgIpc) is 2.46. The Bertz CT molecular complexity index is 524. The Balaban J connectivity index is 2.49. The predicted octanol–water partition coefficient (Wildman–Crippen LogP) is 1.14. The molecule has 1 N–H and O–H groups in total. The lowest BCUT2D eigenvalue weighted by atomic mass is 9.90. The maximum absolute atomic E-state index is 13.1. The highest BCUT2D eigenvalue weighted by molar-refractivity contribution is 7.91. The summed E-state index contributed by atoms with van der Waals surface area (Å²) in [6.07, 6.45) is 0.139. The molecule has 1 aromatic rings. The van der Waals surface area contributed by atoms with Crippen LogP contribution in [0.2, 0.25) is 0 Å². The topological polar surface area (TPSA) is 54.4 Å². The van der Waals surface area contributed by atoms with Gasteiger partial charge in [0.1, 0.15) is 11.4 Å². The van der Waals surface area contributed by atoms with E-state index in [1.54, 1.807) is 13.0 Å². The van der Waals surface area contributed by atoms with Gasteiger partial charge in [0.2, 0.25) is 0 Å². The number of aliphatic hydroxyl groups is 1. The second kappa shape index (κ2) is 3.53. The minimum Gasteiger partial charge on any atom is -0.384 e. The zero-order chi connectivity index (χ0) is 12.0. The molecule has 1 aliphatic rings. The van der Waals surface area contributed by atoms with E-state index in [-0.39, 0.29) is 17.9 Å². The number of hydrogen-bond acceptors (Lipinski definition) is 3. The van der Waals surface area contributed by atoms with Gasteiger partial charge in [-0.2, -0.15) is 0 Å². The Kier molecular flexibility index (Phi) is 2.55. The quantitative estimate of drug-likeness (QED) is 0.806. The van der Waals surface area contributed by atoms with Crippen LogP contribution in [0.4, 0.5) is 4.39 Å². The van der Waals surface area contributed by atoms with Gasteiger partial charge >= 0.3 is 0 Å². The molecule has 0 saturated carbocycles. The molecule has 0 bridgehead atoms. The summed E-state index contributed by atoms with van der Waals surface area (Å²) in [6.45, 7) is 1.73. The minimum absolute atomic E-state index is 0.0422. The Morgan fingerprint density at radius 2 is 2.12 bits per heavy atom. The third-order valence-electron chi connectivity index (χ3n) is 2.99. The van der Waals surface area contributed by atoms with E-state index >= 15 is 0 Å². The fourth-order valence-corrected chi connectivity index (χ4v) is 3.96. The number of rotatable bonds is 1. The highest BCUT2D eigenvalue weighted by Gasteiger charge is 2.42. The van der Waals surface area contributed by atoms with Crippen molar-refractivity contribution < 1.29 is 17.9 Å². The zero-order valence-electron chi connectivity index (χ0n) is 8.90. The van der Waals surface area contributed by atoms with Crippen LogP contribution in [0.3, 0.4) is 0 Å². The molecule has 0 amide bonds. The molecule has 5 heteroatoms. The molecule has 1 aliphatic heterocycles. The standard InChI is InChI=1S/C11H13FO3S/c1-8-2-3-9(12)6-10(8)11(13)4-5-16(14,15)7-11/h2-3,6,13H,4-5,7H2,1H3. The average molecular weight is 244 g/mol. The molecule has 0 spiro atoms. The highest BCUT2D eigenvalue weighted by Crippen LogP contribution is 2.35. The van der Waals surface area contributed by atoms with E-state index < -0.39 is 21.3 Å². The second-order valence-corrected chi connectivity index (χ2v) is 6.52. The summed E-state index contributed by atoms with van der Waals surface area (Å²) in [6, 6.07) is 4.06. The van der Waals surface area contributed by atoms with Gasteiger partial charge in [-0.05, 0) is 36.6 Å². The van der Waals surface area contributed by atoms with Crippen LogP contribution in [0, 0.1) is 12.7 Å². The van der Waals surface area contributed by atoms with Crippen molar-refractivity contribution in [1.29, 1.82) is 0 Å². The van der Waals surface area contributed by atoms with Crippen LogP contribution in [-0.2, 0) is 15.4 Å². The van der Waals surface area contributed by atoms with Crippen LogP contribution in [0.15, 0.2) is 18.2 Å². The number of aryl methyl sites for hydroxylation is 1. The maximum atomic E-state index is 13.1. The summed E-state index contributed by atoms with van der Waals surface area (Å²) in [7, 11) is -3.20. The van der Waals surface area contributed by atoms with Crippen molar-refractivity contribution in [3.63, 3.8) is 0 Å². The predicted molar refractivity (Wildman–Crippen MR) is 58.3 cm³/mol. The molecule has 1 unspecified atom stereocenters. The van der Waals surface area contributed by atoms with Gasteiger partial charge in [-0.15, -0.1) is 0 Å². The molecule has 3 nitrogen and oxygen atoms in total. The van der Waals surface area contributed by atoms with Crippen molar-refractivity contribution in [2.75, 3.05) is 11.5 Å². The zero-order valence-corrected chi connectivity index (χ0v) is 9.72. The normalized spacial score (nSPS) is 28.2. The largest absolute Gasteiger partial charge is 0.384 e. The van der Waals surface area contributed by atoms with Crippen LogP contribution >= 0.6 is 0 Å². The van der Waals surface area contributed by atoms with Crippen molar-refractivity contribution in [2.45, 2.75) is 18.9 Å². The first-order chi connectivity index (χ1) is 7.32. The lowest BCUT2D eigenvalue weighted by Crippen LogP contribution is -2.28. The van der Waals surface area contributed by atoms with E-state index in [0.29, 0.717) is 11.1 Å².